The zero-order valence-corrected chi connectivity index (χ0v) is 83.8. The molecular formula is C101H172N6O26. The average Bonchev–Trinajstić information content (AvgIpc) is 1.17. The van der Waals surface area contributed by atoms with Crippen molar-refractivity contribution >= 4 is 82.5 Å². The summed E-state index contributed by atoms with van der Waals surface area (Å²) in [5.41, 5.74) is 0. The quantitative estimate of drug-likeness (QED) is 0.0214. The molecule has 133 heavy (non-hydrogen) atoms. The van der Waals surface area contributed by atoms with E-state index < -0.39 is 54.9 Å². The molecule has 0 spiro atoms. The third kappa shape index (κ3) is 44.2. The molecule has 762 valence electrons. The number of hydrogen-bond acceptors (Lipinski definition) is 26. The van der Waals surface area contributed by atoms with Crippen LogP contribution < -0.4 is 26.6 Å². The van der Waals surface area contributed by atoms with Crippen LogP contribution >= 0.6 is 0 Å². The summed E-state index contributed by atoms with van der Waals surface area (Å²) in [7, 11) is 0. The van der Waals surface area contributed by atoms with Crippen LogP contribution in [0.25, 0.3) is 0 Å². The highest BCUT2D eigenvalue weighted by molar-refractivity contribution is 5.93. The van der Waals surface area contributed by atoms with Crippen LogP contribution in [0.5, 0.6) is 0 Å². The first-order valence-electron chi connectivity index (χ1n) is 51.1. The van der Waals surface area contributed by atoms with Gasteiger partial charge in [-0.3, -0.25) is 62.3 Å². The largest absolute Gasteiger partial charge is 0.463 e. The minimum Gasteiger partial charge on any atom is -0.463 e. The maximum Gasteiger partial charge on any atom is 0.302 e. The number of nitrogens with zero attached hydrogens (tertiary/aromatic N) is 1. The molecule has 0 aromatic carbocycles. The summed E-state index contributed by atoms with van der Waals surface area (Å²) in [5, 5.41) is 15.0. The number of Topliss-reactive ketones (excluding diaryl/α,β-unsaturated/α-hetero) is 4. The van der Waals surface area contributed by atoms with Crippen LogP contribution in [-0.2, 0) is 124 Å². The van der Waals surface area contributed by atoms with Crippen molar-refractivity contribution in [2.24, 2.45) is 88.8 Å². The Morgan fingerprint density at radius 2 is 0.707 bits per heavy atom. The van der Waals surface area contributed by atoms with Gasteiger partial charge >= 0.3 is 23.9 Å². The number of amides is 6. The second-order valence-electron chi connectivity index (χ2n) is 39.3. The Kier molecular flexibility index (Phi) is 54.8. The van der Waals surface area contributed by atoms with Gasteiger partial charge in [0.2, 0.25) is 35.4 Å². The molecule has 5 heterocycles. The van der Waals surface area contributed by atoms with Gasteiger partial charge in [0.1, 0.15) is 43.8 Å². The lowest BCUT2D eigenvalue weighted by molar-refractivity contribution is -0.255. The highest BCUT2D eigenvalue weighted by atomic mass is 16.7. The first-order valence-corrected chi connectivity index (χ1v) is 50.4. The molecule has 6 amide bonds. The number of esters is 4. The van der Waals surface area contributed by atoms with E-state index in [1.807, 2.05) is 0 Å². The van der Waals surface area contributed by atoms with Crippen LogP contribution in [-0.4, -0.2) is 235 Å². The van der Waals surface area contributed by atoms with Crippen molar-refractivity contribution in [3.63, 3.8) is 0 Å². The monoisotopic (exact) mass is 1890 g/mol. The number of hydrogen-bond donors (Lipinski definition) is 5. The van der Waals surface area contributed by atoms with Gasteiger partial charge in [0.15, 0.2) is 30.9 Å². The molecule has 11 unspecified atom stereocenters. The van der Waals surface area contributed by atoms with Gasteiger partial charge in [-0.15, -0.1) is 0 Å². The van der Waals surface area contributed by atoms with E-state index in [0.717, 1.165) is 19.3 Å². The van der Waals surface area contributed by atoms with Crippen LogP contribution in [0.4, 0.5) is 0 Å². The van der Waals surface area contributed by atoms with Crippen molar-refractivity contribution in [3.05, 3.63) is 0 Å². The summed E-state index contributed by atoms with van der Waals surface area (Å²) in [4.78, 5) is 185. The third-order valence-electron chi connectivity index (χ3n) is 28.8. The third-order valence-corrected chi connectivity index (χ3v) is 28.8. The number of carbonyl (C=O) groups is 14. The maximum absolute atomic E-state index is 15.0. The molecule has 0 aromatic rings. The zero-order chi connectivity index (χ0) is 98.9. The van der Waals surface area contributed by atoms with E-state index in [4.69, 9.17) is 58.2 Å². The highest BCUT2D eigenvalue weighted by Gasteiger charge is 2.45. The molecule has 32 heteroatoms. The van der Waals surface area contributed by atoms with Crippen molar-refractivity contribution in [3.8, 4) is 0 Å². The number of rotatable bonds is 66. The lowest BCUT2D eigenvalue weighted by atomic mass is 9.79. The van der Waals surface area contributed by atoms with Crippen molar-refractivity contribution < 1.29 is 125 Å². The SMILES string of the molecule is [2H]C[C@@H]1C[C@@H](CC(=O)CCC(C)=O)CN1C(=O)CCCNC(=O)C(CCCCNC(=O)C(CCCCNC(=O)CCCCO[C@@H]1OC(COC(C)=O)[C@H](C)[C@H](C)C1C)CC(=O)CCCCCCO[C@@H]1OC(COC(C)=O)[C@H](C)[C@H](C)C1C)CC(=O)C(CCCCNC(=O)CCCCO[C@@H]1OC(COC(C)=O)[C@H](C)[C@H](C)C1C)NC(=O)CCCCO[C@@H]1OC(COC(C)=O)[C@H](C)[C@H](C)C1C. The van der Waals surface area contributed by atoms with Gasteiger partial charge in [-0.25, -0.2) is 0 Å². The Balaban J connectivity index is 1.26. The molecule has 25 atom stereocenters. The van der Waals surface area contributed by atoms with E-state index in [9.17, 15) is 67.1 Å². The summed E-state index contributed by atoms with van der Waals surface area (Å²) in [6.45, 7) is 35.3. The fourth-order valence-corrected chi connectivity index (χ4v) is 18.4. The summed E-state index contributed by atoms with van der Waals surface area (Å²) in [6.07, 6.45) is 8.29. The van der Waals surface area contributed by atoms with Crippen LogP contribution in [0.2, 0.25) is 0 Å². The van der Waals surface area contributed by atoms with Crippen molar-refractivity contribution in [1.82, 2.24) is 31.5 Å². The van der Waals surface area contributed by atoms with Crippen molar-refractivity contribution in [2.75, 3.05) is 85.6 Å². The lowest BCUT2D eigenvalue weighted by Crippen LogP contribution is -2.47. The second-order valence-corrected chi connectivity index (χ2v) is 39.3. The average molecular weight is 1890 g/mol. The number of likely N-dealkylation sites (tertiary alicyclic amines) is 1. The van der Waals surface area contributed by atoms with Gasteiger partial charge in [0.25, 0.3) is 0 Å². The number of nitrogens with one attached hydrogen (secondary N) is 5. The van der Waals surface area contributed by atoms with E-state index >= 15 is 0 Å². The molecule has 5 fully saturated rings. The first kappa shape index (κ1) is 115. The summed E-state index contributed by atoms with van der Waals surface area (Å²) < 4.78 is 79.3. The number of carbonyl (C=O) groups excluding carboxylic acids is 14. The minimum absolute atomic E-state index is 0.0114. The smallest absolute Gasteiger partial charge is 0.302 e. The molecule has 5 N–H and O–H groups in total. The summed E-state index contributed by atoms with van der Waals surface area (Å²) in [5.74, 6) is -3.53. The second kappa shape index (κ2) is 63.5. The Morgan fingerprint density at radius 1 is 0.353 bits per heavy atom. The Labute approximate surface area is 795 Å². The van der Waals surface area contributed by atoms with Gasteiger partial charge in [-0.05, 0) is 176 Å². The van der Waals surface area contributed by atoms with Gasteiger partial charge in [0.05, 0.1) is 30.5 Å². The topological polar surface area (TPSA) is 413 Å². The van der Waals surface area contributed by atoms with E-state index in [-0.39, 0.29) is 314 Å². The Morgan fingerprint density at radius 3 is 1.10 bits per heavy atom. The minimum atomic E-state index is -1.02. The summed E-state index contributed by atoms with van der Waals surface area (Å²) in [6, 6.07) is -1.41. The predicted molar refractivity (Wildman–Crippen MR) is 499 cm³/mol. The number of ether oxygens (including phenoxy) is 12. The zero-order valence-electron chi connectivity index (χ0n) is 84.8. The van der Waals surface area contributed by atoms with Crippen LogP contribution in [0.3, 0.4) is 0 Å². The fraction of sp³-hybridized carbons (Fsp3) is 0.861. The van der Waals surface area contributed by atoms with Crippen LogP contribution in [0.15, 0.2) is 0 Å². The normalized spacial score (nSPS) is 27.7. The van der Waals surface area contributed by atoms with E-state index in [1.165, 1.54) is 34.6 Å². The molecule has 0 aliphatic carbocycles. The molecule has 0 radical (unpaired) electrons. The van der Waals surface area contributed by atoms with Gasteiger partial charge in [-0.2, -0.15) is 0 Å². The first-order chi connectivity index (χ1) is 63.8. The molecule has 0 bridgehead atoms. The molecule has 5 saturated heterocycles. The number of unbranched alkanes of at least 4 members (excludes halogenated alkanes) is 9. The van der Waals surface area contributed by atoms with E-state index in [2.05, 4.69) is 110 Å². The maximum atomic E-state index is 15.0. The van der Waals surface area contributed by atoms with E-state index in [1.54, 1.807) is 4.90 Å². The Hall–Kier alpha value is -6.94. The lowest BCUT2D eigenvalue weighted by Gasteiger charge is -2.43. The molecule has 0 aromatic heterocycles. The molecular weight excluding hydrogens is 1710 g/mol. The van der Waals surface area contributed by atoms with Crippen LogP contribution in [0, 0.1) is 88.8 Å². The van der Waals surface area contributed by atoms with Gasteiger partial charge in [-0.1, -0.05) is 109 Å². The molecule has 5 aliphatic heterocycles. The Bertz CT molecular complexity index is 3580. The summed E-state index contributed by atoms with van der Waals surface area (Å²) >= 11 is 0. The fourth-order valence-electron chi connectivity index (χ4n) is 18.4. The standard InChI is InChI=1S/C101H172N6O26/c1-63-54-81(55-85(114)45-44-64(2)108)58-107(63)95(119)43-35-49-105-97(121)83(57-87(115)86(106-94(118)42-27-34-53-125-101-76(14)68(6)72(10)91(133-101)62-129-80(18)112)39-24-30-47-103-93(117)41-26-33-52-124-100-75(13)67(5)71(9)90(132-100)61-128-79(17)111)37-23-29-48-104-96(120)82(56-84(113)38-21-19-20-31-50-122-98-73(11)65(3)69(7)88(130-98)59-126-77(15)109)36-22-28-46-102-92(116)40-25-32-51-123-99-74(12)66(4)70(8)89(131-99)60-127-78(16)110/h63,65-76,81-83,86,88-91,98-101H,19-62H2,1-18H3,(H,102,116)(H,103,117)(H,104,120)(H,105,121)(H,106,118)/t63-,65+,66+,67+,68+,69-,70-,71-,72-,73?,74?,75?,76?,81+,82?,83?,86?,88?,89?,90?,91?,98-,99-,100-,101-/m1/s1/i1D. The molecule has 32 nitrogen and oxygen atoms in total. The predicted octanol–water partition coefficient (Wildman–Crippen LogP) is 13.3. The molecule has 0 saturated carbocycles. The highest BCUT2D eigenvalue weighted by Crippen LogP contribution is 2.41. The van der Waals surface area contributed by atoms with Crippen molar-refractivity contribution in [2.45, 2.75) is 385 Å². The number of ketones is 4. The molecule has 5 rings (SSSR count). The van der Waals surface area contributed by atoms with Crippen molar-refractivity contribution in [1.29, 1.82) is 0 Å². The van der Waals surface area contributed by atoms with E-state index in [0.29, 0.717) is 136 Å². The van der Waals surface area contributed by atoms with Crippen LogP contribution in [0.1, 0.15) is 325 Å². The molecule has 5 aliphatic rings. The van der Waals surface area contributed by atoms with Gasteiger partial charge < -0.3 is 93.1 Å². The van der Waals surface area contributed by atoms with Gasteiger partial charge in [0, 0.05) is 194 Å².